The Morgan fingerprint density at radius 2 is 2.45 bits per heavy atom. The fourth-order valence-electron chi connectivity index (χ4n) is 0.807. The molecule has 1 atom stereocenters. The maximum atomic E-state index is 10.9. The normalized spacial score (nSPS) is 12.2. The number of hydrogen-bond acceptors (Lipinski definition) is 3. The number of methoxy groups -OCH3 is 1. The maximum Gasteiger partial charge on any atom is 0.322 e. The van der Waals surface area contributed by atoms with Gasteiger partial charge in [-0.2, -0.15) is 0 Å². The minimum absolute atomic E-state index is 0.196. The molecule has 1 N–H and O–H groups in total. The molecule has 0 radical (unpaired) electrons. The smallest absolute Gasteiger partial charge is 0.322 e. The molecule has 0 amide bonds. The van der Waals surface area contributed by atoms with E-state index in [4.69, 9.17) is 0 Å². The van der Waals surface area contributed by atoms with Crippen molar-refractivity contribution >= 4 is 5.97 Å². The average molecular weight is 157 g/mol. The fraction of sp³-hybridized carbons (Fsp3) is 0.625. The second-order valence-corrected chi connectivity index (χ2v) is 2.23. The molecule has 0 spiro atoms. The second kappa shape index (κ2) is 5.92. The van der Waals surface area contributed by atoms with Crippen molar-refractivity contribution in [1.29, 1.82) is 0 Å². The number of carbonyl (C=O) groups excluding carboxylic acids is 1. The first-order valence-electron chi connectivity index (χ1n) is 3.62. The minimum atomic E-state index is -0.214. The molecule has 3 heteroatoms. The van der Waals surface area contributed by atoms with Crippen molar-refractivity contribution in [3.8, 4) is 0 Å². The van der Waals surface area contributed by atoms with Crippen LogP contribution in [0.25, 0.3) is 0 Å². The third-order valence-electron chi connectivity index (χ3n) is 1.49. The summed E-state index contributed by atoms with van der Waals surface area (Å²) in [6.45, 7) is 3.57. The number of rotatable bonds is 5. The highest BCUT2D eigenvalue weighted by molar-refractivity contribution is 5.75. The SMILES string of the molecule is C=CCC[C@@H](NC)C(=O)OC. The van der Waals surface area contributed by atoms with E-state index < -0.39 is 0 Å². The molecule has 0 unspecified atom stereocenters. The molecular formula is C8H15NO2. The molecule has 0 aromatic heterocycles. The van der Waals surface area contributed by atoms with Gasteiger partial charge in [-0.15, -0.1) is 6.58 Å². The van der Waals surface area contributed by atoms with Crippen molar-refractivity contribution in [2.45, 2.75) is 18.9 Å². The summed E-state index contributed by atoms with van der Waals surface area (Å²) in [5.74, 6) is -0.214. The lowest BCUT2D eigenvalue weighted by Gasteiger charge is -2.11. The third-order valence-corrected chi connectivity index (χ3v) is 1.49. The molecule has 0 aromatic carbocycles. The summed E-state index contributed by atoms with van der Waals surface area (Å²) in [6, 6.07) is -0.196. The van der Waals surface area contributed by atoms with Gasteiger partial charge in [-0.05, 0) is 19.9 Å². The molecular weight excluding hydrogens is 142 g/mol. The summed E-state index contributed by atoms with van der Waals surface area (Å²) >= 11 is 0. The van der Waals surface area contributed by atoms with Crippen molar-refractivity contribution in [2.24, 2.45) is 0 Å². The number of allylic oxidation sites excluding steroid dienone is 1. The zero-order chi connectivity index (χ0) is 8.69. The summed E-state index contributed by atoms with van der Waals surface area (Å²) in [5, 5.41) is 2.87. The Hall–Kier alpha value is -0.830. The third kappa shape index (κ3) is 3.78. The molecule has 0 bridgehead atoms. The molecule has 0 aliphatic heterocycles. The lowest BCUT2D eigenvalue weighted by Crippen LogP contribution is -2.34. The van der Waals surface area contributed by atoms with Crippen molar-refractivity contribution in [2.75, 3.05) is 14.2 Å². The molecule has 0 aromatic rings. The first kappa shape index (κ1) is 10.2. The van der Waals surface area contributed by atoms with E-state index in [0.29, 0.717) is 0 Å². The summed E-state index contributed by atoms with van der Waals surface area (Å²) < 4.78 is 4.56. The van der Waals surface area contributed by atoms with Crippen molar-refractivity contribution < 1.29 is 9.53 Å². The number of nitrogens with one attached hydrogen (secondary N) is 1. The van der Waals surface area contributed by atoms with Gasteiger partial charge >= 0.3 is 5.97 Å². The maximum absolute atomic E-state index is 10.9. The number of likely N-dealkylation sites (N-methyl/N-ethyl adjacent to an activating group) is 1. The van der Waals surface area contributed by atoms with Crippen LogP contribution in [0, 0.1) is 0 Å². The van der Waals surface area contributed by atoms with Crippen molar-refractivity contribution in [1.82, 2.24) is 5.32 Å². The molecule has 0 aliphatic carbocycles. The van der Waals surface area contributed by atoms with Crippen LogP contribution in [-0.2, 0) is 9.53 Å². The van der Waals surface area contributed by atoms with E-state index in [1.807, 2.05) is 0 Å². The predicted octanol–water partition coefficient (Wildman–Crippen LogP) is 0.714. The van der Waals surface area contributed by atoms with Gasteiger partial charge < -0.3 is 10.1 Å². The largest absolute Gasteiger partial charge is 0.468 e. The van der Waals surface area contributed by atoms with E-state index in [2.05, 4.69) is 16.6 Å². The van der Waals surface area contributed by atoms with Crippen LogP contribution in [0.5, 0.6) is 0 Å². The number of hydrogen-bond donors (Lipinski definition) is 1. The molecule has 0 heterocycles. The highest BCUT2D eigenvalue weighted by Gasteiger charge is 2.14. The molecule has 0 saturated heterocycles. The minimum Gasteiger partial charge on any atom is -0.468 e. The van der Waals surface area contributed by atoms with Gasteiger partial charge in [0.25, 0.3) is 0 Å². The van der Waals surface area contributed by atoms with Gasteiger partial charge in [0.1, 0.15) is 6.04 Å². The van der Waals surface area contributed by atoms with Gasteiger partial charge in [0.05, 0.1) is 7.11 Å². The molecule has 64 valence electrons. The summed E-state index contributed by atoms with van der Waals surface area (Å²) in [4.78, 5) is 10.9. The van der Waals surface area contributed by atoms with Crippen molar-refractivity contribution in [3.63, 3.8) is 0 Å². The Kier molecular flexibility index (Phi) is 5.47. The molecule has 11 heavy (non-hydrogen) atoms. The average Bonchev–Trinajstić information content (AvgIpc) is 2.05. The highest BCUT2D eigenvalue weighted by atomic mass is 16.5. The van der Waals surface area contributed by atoms with Crippen molar-refractivity contribution in [3.05, 3.63) is 12.7 Å². The first-order valence-corrected chi connectivity index (χ1v) is 3.62. The Balaban J connectivity index is 3.74. The molecule has 3 nitrogen and oxygen atoms in total. The van der Waals surface area contributed by atoms with E-state index >= 15 is 0 Å². The van der Waals surface area contributed by atoms with Crippen LogP contribution in [0.15, 0.2) is 12.7 Å². The van der Waals surface area contributed by atoms with Gasteiger partial charge in [0.15, 0.2) is 0 Å². The van der Waals surface area contributed by atoms with E-state index in [1.54, 1.807) is 13.1 Å². The Morgan fingerprint density at radius 1 is 1.82 bits per heavy atom. The first-order chi connectivity index (χ1) is 5.26. The monoisotopic (exact) mass is 157 g/mol. The van der Waals surface area contributed by atoms with Crippen LogP contribution in [0.2, 0.25) is 0 Å². The van der Waals surface area contributed by atoms with E-state index in [-0.39, 0.29) is 12.0 Å². The zero-order valence-electron chi connectivity index (χ0n) is 7.09. The molecule has 0 aliphatic rings. The van der Waals surface area contributed by atoms with E-state index in [1.165, 1.54) is 7.11 Å². The van der Waals surface area contributed by atoms with Gasteiger partial charge in [0, 0.05) is 0 Å². The Bertz CT molecular complexity index is 134. The van der Waals surface area contributed by atoms with Gasteiger partial charge in [-0.1, -0.05) is 6.08 Å². The molecule has 0 fully saturated rings. The second-order valence-electron chi connectivity index (χ2n) is 2.23. The van der Waals surface area contributed by atoms with Crippen LogP contribution in [0.3, 0.4) is 0 Å². The lowest BCUT2D eigenvalue weighted by molar-refractivity contribution is -0.143. The number of esters is 1. The van der Waals surface area contributed by atoms with E-state index in [0.717, 1.165) is 12.8 Å². The summed E-state index contributed by atoms with van der Waals surface area (Å²) in [6.07, 6.45) is 3.35. The van der Waals surface area contributed by atoms with Gasteiger partial charge in [-0.3, -0.25) is 4.79 Å². The topological polar surface area (TPSA) is 38.3 Å². The summed E-state index contributed by atoms with van der Waals surface area (Å²) in [5.41, 5.74) is 0. The quantitative estimate of drug-likeness (QED) is 0.472. The van der Waals surface area contributed by atoms with Gasteiger partial charge in [-0.25, -0.2) is 0 Å². The van der Waals surface area contributed by atoms with Crippen LogP contribution >= 0.6 is 0 Å². The summed E-state index contributed by atoms with van der Waals surface area (Å²) in [7, 11) is 3.13. The predicted molar refractivity (Wildman–Crippen MR) is 44.3 cm³/mol. The Labute approximate surface area is 67.4 Å². The fourth-order valence-corrected chi connectivity index (χ4v) is 0.807. The number of carbonyl (C=O) groups is 1. The standard InChI is InChI=1S/C8H15NO2/c1-4-5-6-7(9-2)8(10)11-3/h4,7,9H,1,5-6H2,2-3H3/t7-/m1/s1. The van der Waals surface area contributed by atoms with Gasteiger partial charge in [0.2, 0.25) is 0 Å². The van der Waals surface area contributed by atoms with Crippen LogP contribution < -0.4 is 5.32 Å². The molecule has 0 saturated carbocycles. The lowest BCUT2D eigenvalue weighted by atomic mass is 10.1. The van der Waals surface area contributed by atoms with Crippen LogP contribution in [0.1, 0.15) is 12.8 Å². The number of ether oxygens (including phenoxy) is 1. The van der Waals surface area contributed by atoms with E-state index in [9.17, 15) is 4.79 Å². The van der Waals surface area contributed by atoms with Crippen LogP contribution in [0.4, 0.5) is 0 Å². The Morgan fingerprint density at radius 3 is 2.82 bits per heavy atom. The van der Waals surface area contributed by atoms with Crippen LogP contribution in [-0.4, -0.2) is 26.2 Å². The molecule has 0 rings (SSSR count). The highest BCUT2D eigenvalue weighted by Crippen LogP contribution is 1.98. The zero-order valence-corrected chi connectivity index (χ0v) is 7.09.